The molecule has 0 unspecified atom stereocenters. The SMILES string of the molecule is c1ccc([P+](c2ccccc2)(c2ccccc2)c2ccc(Cc3cccc(Cc4ccc([P+](c5ccccc5)(c5ccccc5)c5ccccc5)cc4)c3)cc2)cc1. The molecule has 0 heterocycles. The van der Waals surface area contributed by atoms with Crippen molar-refractivity contribution in [3.05, 3.63) is 277 Å². The topological polar surface area (TPSA) is 0 Å². The van der Waals surface area contributed by atoms with Gasteiger partial charge in [0.05, 0.1) is 0 Å². The normalized spacial score (nSPS) is 11.6. The van der Waals surface area contributed by atoms with Crippen molar-refractivity contribution >= 4 is 57.0 Å². The maximum atomic E-state index is 2.40. The Hall–Kier alpha value is -6.16. The Kier molecular flexibility index (Phi) is 11.1. The fourth-order valence-corrected chi connectivity index (χ4v) is 17.2. The Morgan fingerprint density at radius 2 is 0.414 bits per heavy atom. The van der Waals surface area contributed by atoms with E-state index >= 15 is 0 Å². The van der Waals surface area contributed by atoms with Crippen LogP contribution in [0.4, 0.5) is 0 Å². The van der Waals surface area contributed by atoms with Gasteiger partial charge in [-0.15, -0.1) is 0 Å². The van der Waals surface area contributed by atoms with E-state index in [0.29, 0.717) is 0 Å². The molecule has 58 heavy (non-hydrogen) atoms. The first-order valence-corrected chi connectivity index (χ1v) is 23.7. The van der Waals surface area contributed by atoms with Crippen molar-refractivity contribution in [2.75, 3.05) is 0 Å². The van der Waals surface area contributed by atoms with Crippen molar-refractivity contribution < 1.29 is 0 Å². The molecule has 0 aliphatic carbocycles. The van der Waals surface area contributed by atoms with E-state index in [9.17, 15) is 0 Å². The second-order valence-corrected chi connectivity index (χ2v) is 21.7. The Bertz CT molecular complexity index is 2280. The molecule has 2 heteroatoms. The predicted molar refractivity (Wildman–Crippen MR) is 255 cm³/mol. The van der Waals surface area contributed by atoms with E-state index in [1.54, 1.807) is 0 Å². The van der Waals surface area contributed by atoms with Gasteiger partial charge in [0.1, 0.15) is 57.0 Å². The lowest BCUT2D eigenvalue weighted by atomic mass is 9.99. The zero-order chi connectivity index (χ0) is 39.0. The monoisotopic (exact) mass is 780 g/mol. The van der Waals surface area contributed by atoms with Gasteiger partial charge in [-0.1, -0.05) is 158 Å². The number of hydrogen-bond donors (Lipinski definition) is 0. The maximum absolute atomic E-state index is 2.40. The Balaban J connectivity index is 1.00. The molecule has 0 amide bonds. The zero-order valence-electron chi connectivity index (χ0n) is 32.6. The van der Waals surface area contributed by atoms with Crippen molar-refractivity contribution in [3.8, 4) is 0 Å². The molecule has 0 nitrogen and oxygen atoms in total. The number of hydrogen-bond acceptors (Lipinski definition) is 0. The van der Waals surface area contributed by atoms with Crippen LogP contribution < -0.4 is 42.4 Å². The molecule has 0 atom stereocenters. The van der Waals surface area contributed by atoms with E-state index in [0.717, 1.165) is 12.8 Å². The largest absolute Gasteiger partial charge is 0.144 e. The van der Waals surface area contributed by atoms with Crippen LogP contribution in [0.1, 0.15) is 22.3 Å². The quantitative estimate of drug-likeness (QED) is 0.108. The van der Waals surface area contributed by atoms with Crippen LogP contribution in [0.2, 0.25) is 0 Å². The van der Waals surface area contributed by atoms with Crippen molar-refractivity contribution in [3.63, 3.8) is 0 Å². The zero-order valence-corrected chi connectivity index (χ0v) is 34.3. The van der Waals surface area contributed by atoms with Crippen LogP contribution in [0.15, 0.2) is 255 Å². The Morgan fingerprint density at radius 1 is 0.190 bits per heavy atom. The van der Waals surface area contributed by atoms with Gasteiger partial charge in [0, 0.05) is 0 Å². The van der Waals surface area contributed by atoms with E-state index in [1.807, 2.05) is 0 Å². The Morgan fingerprint density at radius 3 is 0.655 bits per heavy atom. The van der Waals surface area contributed by atoms with Gasteiger partial charge in [0.2, 0.25) is 0 Å². The summed E-state index contributed by atoms with van der Waals surface area (Å²) in [4.78, 5) is 0. The van der Waals surface area contributed by atoms with Gasteiger partial charge in [-0.25, -0.2) is 0 Å². The Labute approximate surface area is 345 Å². The van der Waals surface area contributed by atoms with E-state index in [-0.39, 0.29) is 0 Å². The van der Waals surface area contributed by atoms with Crippen LogP contribution in [-0.4, -0.2) is 0 Å². The first-order chi connectivity index (χ1) is 28.7. The fourth-order valence-electron chi connectivity index (χ4n) is 8.69. The van der Waals surface area contributed by atoms with Gasteiger partial charge in [-0.05, 0) is 132 Å². The van der Waals surface area contributed by atoms with Gasteiger partial charge >= 0.3 is 0 Å². The first-order valence-electron chi connectivity index (χ1n) is 20.1. The molecule has 0 spiro atoms. The molecular weight excluding hydrogens is 735 g/mol. The molecule has 278 valence electrons. The minimum absolute atomic E-state index is 0.888. The molecule has 0 aliphatic rings. The molecule has 0 aliphatic heterocycles. The molecule has 9 aromatic rings. The summed E-state index contributed by atoms with van der Waals surface area (Å²) in [6.07, 6.45) is 1.78. The van der Waals surface area contributed by atoms with Gasteiger partial charge in [0.15, 0.2) is 0 Å². The number of benzene rings is 9. The fraction of sp³-hybridized carbons (Fsp3) is 0.0357. The highest BCUT2D eigenvalue weighted by Crippen LogP contribution is 2.55. The van der Waals surface area contributed by atoms with Gasteiger partial charge in [-0.3, -0.25) is 0 Å². The molecule has 9 rings (SSSR count). The summed E-state index contributed by atoms with van der Waals surface area (Å²) in [6, 6.07) is 94.8. The summed E-state index contributed by atoms with van der Waals surface area (Å²) >= 11 is 0. The van der Waals surface area contributed by atoms with E-state index in [4.69, 9.17) is 0 Å². The molecule has 0 fully saturated rings. The second-order valence-electron chi connectivity index (χ2n) is 14.9. The van der Waals surface area contributed by atoms with Crippen molar-refractivity contribution in [1.29, 1.82) is 0 Å². The highest BCUT2D eigenvalue weighted by Gasteiger charge is 2.48. The van der Waals surface area contributed by atoms with Crippen LogP contribution in [-0.2, 0) is 12.8 Å². The third-order valence-electron chi connectivity index (χ3n) is 11.3. The third-order valence-corrected chi connectivity index (χ3v) is 19.9. The highest BCUT2D eigenvalue weighted by atomic mass is 31.2. The lowest BCUT2D eigenvalue weighted by Gasteiger charge is -2.27. The predicted octanol–water partition coefficient (Wildman–Crippen LogP) is 10.1. The van der Waals surface area contributed by atoms with Crippen LogP contribution in [0.3, 0.4) is 0 Å². The van der Waals surface area contributed by atoms with Crippen molar-refractivity contribution in [2.45, 2.75) is 12.8 Å². The lowest BCUT2D eigenvalue weighted by molar-refractivity contribution is 1.14. The second kappa shape index (κ2) is 17.1. The van der Waals surface area contributed by atoms with Gasteiger partial charge in [0.25, 0.3) is 0 Å². The lowest BCUT2D eigenvalue weighted by Crippen LogP contribution is -2.38. The summed E-state index contributed by atoms with van der Waals surface area (Å²) in [5.41, 5.74) is 5.31. The molecule has 0 bridgehead atoms. The summed E-state index contributed by atoms with van der Waals surface area (Å²) in [5, 5.41) is 11.0. The van der Waals surface area contributed by atoms with Gasteiger partial charge in [-0.2, -0.15) is 0 Å². The summed E-state index contributed by atoms with van der Waals surface area (Å²) in [7, 11) is -4.24. The average molecular weight is 781 g/mol. The summed E-state index contributed by atoms with van der Waals surface area (Å²) in [6.45, 7) is 0. The summed E-state index contributed by atoms with van der Waals surface area (Å²) < 4.78 is 0. The number of rotatable bonds is 12. The standard InChI is InChI=1S/C56H46P2/c1-7-22-49(23-8-1)57(50-24-9-2-10-25-50,51-26-11-3-12-27-51)55-38-34-45(35-39-55)42-47-20-19-21-48(44-47)43-46-36-40-56(41-37-46)58(52-28-13-4-14-29-52,53-30-15-5-16-31-53)54-32-17-6-18-33-54/h1-41,44H,42-43H2/q+2. The smallest absolute Gasteiger partial charge is 0.0620 e. The molecule has 0 N–H and O–H groups in total. The van der Waals surface area contributed by atoms with E-state index < -0.39 is 14.5 Å². The first kappa shape index (κ1) is 37.4. The van der Waals surface area contributed by atoms with Crippen molar-refractivity contribution in [1.82, 2.24) is 0 Å². The highest BCUT2D eigenvalue weighted by molar-refractivity contribution is 8.02. The molecule has 0 saturated heterocycles. The van der Waals surface area contributed by atoms with Crippen LogP contribution >= 0.6 is 14.5 Å². The van der Waals surface area contributed by atoms with Crippen molar-refractivity contribution in [2.24, 2.45) is 0 Å². The van der Waals surface area contributed by atoms with E-state index in [2.05, 4.69) is 255 Å². The van der Waals surface area contributed by atoms with Crippen LogP contribution in [0, 0.1) is 0 Å². The molecular formula is C56H46P2+2. The molecule has 0 saturated carbocycles. The van der Waals surface area contributed by atoms with Gasteiger partial charge < -0.3 is 0 Å². The maximum Gasteiger partial charge on any atom is 0.144 e. The van der Waals surface area contributed by atoms with E-state index in [1.165, 1.54) is 64.7 Å². The summed E-state index contributed by atoms with van der Waals surface area (Å²) in [5.74, 6) is 0. The molecule has 9 aromatic carbocycles. The molecule has 0 aromatic heterocycles. The third kappa shape index (κ3) is 7.27. The molecule has 0 radical (unpaired) electrons. The van der Waals surface area contributed by atoms with Crippen LogP contribution in [0.25, 0.3) is 0 Å². The minimum Gasteiger partial charge on any atom is -0.0620 e. The average Bonchev–Trinajstić information content (AvgIpc) is 3.30. The minimum atomic E-state index is -2.12. The van der Waals surface area contributed by atoms with Crippen LogP contribution in [0.5, 0.6) is 0 Å².